The number of methoxy groups -OCH3 is 1. The lowest BCUT2D eigenvalue weighted by molar-refractivity contribution is 0.415. The highest BCUT2D eigenvalue weighted by molar-refractivity contribution is 5.89. The molecule has 4 aromatic rings. The highest BCUT2D eigenvalue weighted by Crippen LogP contribution is 2.25. The summed E-state index contributed by atoms with van der Waals surface area (Å²) < 4.78 is 5.19. The van der Waals surface area contributed by atoms with Crippen molar-refractivity contribution in [2.45, 2.75) is 6.54 Å². The molecule has 0 saturated carbocycles. The van der Waals surface area contributed by atoms with E-state index in [1.807, 2.05) is 36.4 Å². The largest absolute Gasteiger partial charge is 0.497 e. The maximum absolute atomic E-state index is 5.19. The number of pyridine rings is 1. The second-order valence-electron chi connectivity index (χ2n) is 5.60. The molecule has 1 aromatic carbocycles. The van der Waals surface area contributed by atoms with E-state index in [1.165, 1.54) is 0 Å². The van der Waals surface area contributed by atoms with Crippen LogP contribution in [0.3, 0.4) is 0 Å². The van der Waals surface area contributed by atoms with Crippen molar-refractivity contribution in [1.82, 2.24) is 25.1 Å². The smallest absolute Gasteiger partial charge is 0.226 e. The zero-order chi connectivity index (χ0) is 17.8. The minimum atomic E-state index is 0.501. The number of aromatic amines is 1. The normalized spacial score (nSPS) is 10.7. The van der Waals surface area contributed by atoms with Gasteiger partial charge in [-0.25, -0.2) is 0 Å². The summed E-state index contributed by atoms with van der Waals surface area (Å²) in [5.74, 6) is 1.97. The minimum Gasteiger partial charge on any atom is -0.497 e. The molecular weight excluding hydrogens is 330 g/mol. The van der Waals surface area contributed by atoms with Crippen molar-refractivity contribution in [2.24, 2.45) is 0 Å². The Labute approximate surface area is 149 Å². The second-order valence-corrected chi connectivity index (χ2v) is 5.60. The number of ether oxygens (including phenoxy) is 1. The molecule has 8 heteroatoms. The maximum Gasteiger partial charge on any atom is 0.226 e. The van der Waals surface area contributed by atoms with Gasteiger partial charge in [0.05, 0.1) is 18.7 Å². The fraction of sp³-hybridized carbons (Fsp3) is 0.111. The first-order chi connectivity index (χ1) is 12.8. The van der Waals surface area contributed by atoms with Crippen molar-refractivity contribution in [3.05, 3.63) is 60.6 Å². The van der Waals surface area contributed by atoms with E-state index >= 15 is 0 Å². The molecule has 3 heterocycles. The number of hydrogen-bond donors (Lipinski definition) is 3. The van der Waals surface area contributed by atoms with E-state index in [0.717, 1.165) is 22.4 Å². The zero-order valence-electron chi connectivity index (χ0n) is 14.1. The molecule has 0 spiro atoms. The molecule has 0 bridgehead atoms. The summed E-state index contributed by atoms with van der Waals surface area (Å²) in [4.78, 5) is 13.1. The number of H-pyrrole nitrogens is 1. The molecule has 0 fully saturated rings. The van der Waals surface area contributed by atoms with E-state index < -0.39 is 0 Å². The lowest BCUT2D eigenvalue weighted by Gasteiger charge is -2.10. The van der Waals surface area contributed by atoms with E-state index in [0.29, 0.717) is 24.0 Å². The minimum absolute atomic E-state index is 0.501. The van der Waals surface area contributed by atoms with Gasteiger partial charge in [-0.3, -0.25) is 10.1 Å². The van der Waals surface area contributed by atoms with Crippen LogP contribution in [0.25, 0.3) is 11.0 Å². The van der Waals surface area contributed by atoms with Gasteiger partial charge in [-0.15, -0.1) is 0 Å². The van der Waals surface area contributed by atoms with Crippen LogP contribution in [0.1, 0.15) is 5.56 Å². The average Bonchev–Trinajstić information content (AvgIpc) is 3.17. The predicted octanol–water partition coefficient (Wildman–Crippen LogP) is 3.11. The van der Waals surface area contributed by atoms with Gasteiger partial charge in [0, 0.05) is 24.6 Å². The Kier molecular flexibility index (Phi) is 4.29. The first kappa shape index (κ1) is 15.8. The van der Waals surface area contributed by atoms with Crippen molar-refractivity contribution in [3.8, 4) is 5.75 Å². The standard InChI is InChI=1S/C18H17N7O/c1-26-14-6-4-13(5-7-14)22-16-15-11-21-25-17(15)24-18(23-16)20-10-12-3-2-8-19-9-12/h2-9,11H,10H2,1H3,(H3,20,21,22,23,24,25). The van der Waals surface area contributed by atoms with Gasteiger partial charge in [0.25, 0.3) is 0 Å². The molecule has 0 aliphatic rings. The summed E-state index contributed by atoms with van der Waals surface area (Å²) in [6.07, 6.45) is 5.25. The van der Waals surface area contributed by atoms with E-state index in [9.17, 15) is 0 Å². The van der Waals surface area contributed by atoms with Gasteiger partial charge in [0.15, 0.2) is 5.65 Å². The van der Waals surface area contributed by atoms with Crippen LogP contribution in [0.2, 0.25) is 0 Å². The summed E-state index contributed by atoms with van der Waals surface area (Å²) in [6.45, 7) is 0.579. The van der Waals surface area contributed by atoms with Crippen LogP contribution in [0.5, 0.6) is 5.75 Å². The van der Waals surface area contributed by atoms with Crippen LogP contribution < -0.4 is 15.4 Å². The van der Waals surface area contributed by atoms with Crippen LogP contribution in [-0.2, 0) is 6.54 Å². The third kappa shape index (κ3) is 3.39. The van der Waals surface area contributed by atoms with Gasteiger partial charge in [-0.2, -0.15) is 15.1 Å². The Bertz CT molecular complexity index is 999. The van der Waals surface area contributed by atoms with Crippen molar-refractivity contribution in [2.75, 3.05) is 17.7 Å². The summed E-state index contributed by atoms with van der Waals surface area (Å²) in [7, 11) is 1.64. The number of anilines is 3. The molecule has 0 radical (unpaired) electrons. The molecule has 0 atom stereocenters. The summed E-state index contributed by atoms with van der Waals surface area (Å²) in [5.41, 5.74) is 2.60. The van der Waals surface area contributed by atoms with Gasteiger partial charge >= 0.3 is 0 Å². The highest BCUT2D eigenvalue weighted by Gasteiger charge is 2.10. The van der Waals surface area contributed by atoms with Crippen molar-refractivity contribution < 1.29 is 4.74 Å². The van der Waals surface area contributed by atoms with Gasteiger partial charge in [0.1, 0.15) is 11.6 Å². The number of rotatable bonds is 6. The zero-order valence-corrected chi connectivity index (χ0v) is 14.1. The topological polar surface area (TPSA) is 101 Å². The molecule has 0 aliphatic heterocycles. The summed E-state index contributed by atoms with van der Waals surface area (Å²) in [6, 6.07) is 11.5. The number of nitrogens with zero attached hydrogens (tertiary/aromatic N) is 4. The number of nitrogens with one attached hydrogen (secondary N) is 3. The van der Waals surface area contributed by atoms with Gasteiger partial charge in [0.2, 0.25) is 5.95 Å². The molecule has 26 heavy (non-hydrogen) atoms. The van der Waals surface area contributed by atoms with Crippen LogP contribution >= 0.6 is 0 Å². The molecule has 8 nitrogen and oxygen atoms in total. The second kappa shape index (κ2) is 7.06. The SMILES string of the molecule is COc1ccc(Nc2nc(NCc3cccnc3)nc3[nH]ncc23)cc1. The van der Waals surface area contributed by atoms with E-state index in [-0.39, 0.29) is 0 Å². The third-order valence-electron chi connectivity index (χ3n) is 3.84. The van der Waals surface area contributed by atoms with Gasteiger partial charge in [-0.05, 0) is 35.9 Å². The Morgan fingerprint density at radius 2 is 1.96 bits per heavy atom. The number of hydrogen-bond acceptors (Lipinski definition) is 7. The molecule has 3 N–H and O–H groups in total. The fourth-order valence-electron chi connectivity index (χ4n) is 2.50. The number of benzene rings is 1. The van der Waals surface area contributed by atoms with Gasteiger partial charge in [-0.1, -0.05) is 6.07 Å². The Hall–Kier alpha value is -3.68. The Morgan fingerprint density at radius 1 is 1.08 bits per heavy atom. The lowest BCUT2D eigenvalue weighted by atomic mass is 10.3. The fourth-order valence-corrected chi connectivity index (χ4v) is 2.50. The van der Waals surface area contributed by atoms with E-state index in [2.05, 4.69) is 35.8 Å². The maximum atomic E-state index is 5.19. The Morgan fingerprint density at radius 3 is 2.73 bits per heavy atom. The van der Waals surface area contributed by atoms with Crippen molar-refractivity contribution in [1.29, 1.82) is 0 Å². The predicted molar refractivity (Wildman–Crippen MR) is 99.5 cm³/mol. The average molecular weight is 347 g/mol. The first-order valence-electron chi connectivity index (χ1n) is 8.07. The highest BCUT2D eigenvalue weighted by atomic mass is 16.5. The van der Waals surface area contributed by atoms with Crippen LogP contribution in [0.15, 0.2) is 55.0 Å². The van der Waals surface area contributed by atoms with Crippen molar-refractivity contribution in [3.63, 3.8) is 0 Å². The van der Waals surface area contributed by atoms with Crippen LogP contribution in [-0.4, -0.2) is 32.3 Å². The number of aromatic nitrogens is 5. The molecule has 0 unspecified atom stereocenters. The monoisotopic (exact) mass is 347 g/mol. The molecule has 0 saturated heterocycles. The Balaban J connectivity index is 1.59. The molecule has 3 aromatic heterocycles. The van der Waals surface area contributed by atoms with E-state index in [1.54, 1.807) is 25.7 Å². The number of fused-ring (bicyclic) bond motifs is 1. The quantitative estimate of drug-likeness (QED) is 0.492. The molecule has 4 rings (SSSR count). The van der Waals surface area contributed by atoms with Crippen LogP contribution in [0.4, 0.5) is 17.5 Å². The molecule has 0 aliphatic carbocycles. The van der Waals surface area contributed by atoms with Gasteiger partial charge < -0.3 is 15.4 Å². The van der Waals surface area contributed by atoms with Crippen LogP contribution in [0, 0.1) is 0 Å². The molecular formula is C18H17N7O. The molecule has 0 amide bonds. The van der Waals surface area contributed by atoms with Crippen molar-refractivity contribution >= 4 is 28.5 Å². The summed E-state index contributed by atoms with van der Waals surface area (Å²) in [5, 5.41) is 14.3. The lowest BCUT2D eigenvalue weighted by Crippen LogP contribution is -2.06. The van der Waals surface area contributed by atoms with E-state index in [4.69, 9.17) is 4.74 Å². The first-order valence-corrected chi connectivity index (χ1v) is 8.07. The summed E-state index contributed by atoms with van der Waals surface area (Å²) >= 11 is 0. The third-order valence-corrected chi connectivity index (χ3v) is 3.84. The molecule has 130 valence electrons.